The Kier molecular flexibility index (Phi) is 3.18. The highest BCUT2D eigenvalue weighted by Crippen LogP contribution is 2.67. The second kappa shape index (κ2) is 4.27. The van der Waals surface area contributed by atoms with E-state index in [2.05, 4.69) is 39.9 Å². The third kappa shape index (κ3) is 2.14. The van der Waals surface area contributed by atoms with Crippen LogP contribution in [-0.4, -0.2) is 11.7 Å². The molecule has 0 saturated heterocycles. The second-order valence-electron chi connectivity index (χ2n) is 6.76. The first-order valence-electron chi connectivity index (χ1n) is 6.76. The monoisotopic (exact) mass is 247 g/mol. The summed E-state index contributed by atoms with van der Waals surface area (Å²) in [6.45, 7) is 13.2. The fraction of sp³-hybridized carbons (Fsp3) is 0.625. The molecule has 0 bridgehead atoms. The zero-order valence-corrected chi connectivity index (χ0v) is 12.2. The number of benzene rings is 1. The smallest absolute Gasteiger partial charge is 0.120 e. The van der Waals surface area contributed by atoms with Crippen LogP contribution in [0.25, 0.3) is 0 Å². The number of rotatable bonds is 4. The van der Waals surface area contributed by atoms with E-state index in [-0.39, 0.29) is 0 Å². The summed E-state index contributed by atoms with van der Waals surface area (Å²) in [7, 11) is 0. The number of aromatic hydroxyl groups is 1. The number of phenolic OH excluding ortho intramolecular Hbond substituents is 1. The van der Waals surface area contributed by atoms with Gasteiger partial charge in [0.1, 0.15) is 5.75 Å². The molecule has 18 heavy (non-hydrogen) atoms. The minimum Gasteiger partial charge on any atom is -0.508 e. The van der Waals surface area contributed by atoms with Crippen LogP contribution in [0.3, 0.4) is 0 Å². The van der Waals surface area contributed by atoms with Gasteiger partial charge in [0.15, 0.2) is 0 Å². The summed E-state index contributed by atoms with van der Waals surface area (Å²) >= 11 is 0. The van der Waals surface area contributed by atoms with E-state index in [0.717, 1.165) is 24.6 Å². The molecule has 1 fully saturated rings. The van der Waals surface area contributed by atoms with Crippen LogP contribution >= 0.6 is 0 Å². The van der Waals surface area contributed by atoms with Gasteiger partial charge in [0.05, 0.1) is 0 Å². The Morgan fingerprint density at radius 3 is 2.33 bits per heavy atom. The van der Waals surface area contributed by atoms with E-state index in [1.807, 2.05) is 12.1 Å². The van der Waals surface area contributed by atoms with E-state index in [1.54, 1.807) is 6.07 Å². The average molecular weight is 247 g/mol. The summed E-state index contributed by atoms with van der Waals surface area (Å²) in [6.07, 6.45) is 0. The third-order valence-corrected chi connectivity index (χ3v) is 5.22. The Balaban J connectivity index is 1.89. The van der Waals surface area contributed by atoms with Crippen LogP contribution in [0, 0.1) is 23.7 Å². The molecule has 2 heteroatoms. The highest BCUT2D eigenvalue weighted by Gasteiger charge is 2.63. The molecule has 0 aliphatic heterocycles. The predicted octanol–water partition coefficient (Wildman–Crippen LogP) is 3.47. The highest BCUT2D eigenvalue weighted by molar-refractivity contribution is 5.35. The molecule has 1 aliphatic carbocycles. The maximum Gasteiger partial charge on any atom is 0.120 e. The van der Waals surface area contributed by atoms with Crippen LogP contribution in [-0.2, 0) is 6.54 Å². The molecule has 0 aromatic heterocycles. The standard InChI is InChI=1S/C16H25NO/c1-11-6-7-13(18)12(8-11)9-17-10-14-15(2,3)16(14,4)5/h6-8,14,17-18H,9-10H2,1-5H3. The first kappa shape index (κ1) is 13.4. The van der Waals surface area contributed by atoms with Crippen molar-refractivity contribution in [3.05, 3.63) is 29.3 Å². The number of aryl methyl sites for hydroxylation is 1. The quantitative estimate of drug-likeness (QED) is 0.854. The number of hydrogen-bond donors (Lipinski definition) is 2. The average Bonchev–Trinajstić information content (AvgIpc) is 2.65. The van der Waals surface area contributed by atoms with Gasteiger partial charge in [-0.15, -0.1) is 0 Å². The van der Waals surface area contributed by atoms with Crippen LogP contribution in [0.1, 0.15) is 38.8 Å². The minimum atomic E-state index is 0.391. The third-order valence-electron chi connectivity index (χ3n) is 5.22. The molecular weight excluding hydrogens is 222 g/mol. The van der Waals surface area contributed by atoms with Crippen LogP contribution in [0.5, 0.6) is 5.75 Å². The zero-order chi connectivity index (χ0) is 13.6. The van der Waals surface area contributed by atoms with Gasteiger partial charge in [-0.05, 0) is 36.3 Å². The summed E-state index contributed by atoms with van der Waals surface area (Å²) in [4.78, 5) is 0. The molecule has 1 saturated carbocycles. The van der Waals surface area contributed by atoms with Gasteiger partial charge in [-0.2, -0.15) is 0 Å². The highest BCUT2D eigenvalue weighted by atomic mass is 16.3. The van der Waals surface area contributed by atoms with E-state index < -0.39 is 0 Å². The van der Waals surface area contributed by atoms with E-state index in [9.17, 15) is 5.11 Å². The van der Waals surface area contributed by atoms with E-state index in [1.165, 1.54) is 5.56 Å². The lowest BCUT2D eigenvalue weighted by atomic mass is 10.0. The molecule has 0 radical (unpaired) electrons. The Labute approximate surface area is 110 Å². The molecule has 0 amide bonds. The Morgan fingerprint density at radius 2 is 1.78 bits per heavy atom. The van der Waals surface area contributed by atoms with Gasteiger partial charge in [0.25, 0.3) is 0 Å². The van der Waals surface area contributed by atoms with Gasteiger partial charge in [-0.1, -0.05) is 45.4 Å². The number of nitrogens with one attached hydrogen (secondary N) is 1. The van der Waals surface area contributed by atoms with Crippen molar-refractivity contribution in [2.75, 3.05) is 6.54 Å². The summed E-state index contributed by atoms with van der Waals surface area (Å²) in [6, 6.07) is 5.76. The topological polar surface area (TPSA) is 32.3 Å². The molecule has 0 spiro atoms. The maximum atomic E-state index is 9.78. The van der Waals surface area contributed by atoms with Gasteiger partial charge >= 0.3 is 0 Å². The molecule has 0 heterocycles. The summed E-state index contributed by atoms with van der Waals surface area (Å²) in [5.41, 5.74) is 3.03. The van der Waals surface area contributed by atoms with Crippen molar-refractivity contribution in [3.8, 4) is 5.75 Å². The lowest BCUT2D eigenvalue weighted by molar-refractivity contribution is 0.457. The summed E-state index contributed by atoms with van der Waals surface area (Å²) < 4.78 is 0. The van der Waals surface area contributed by atoms with Crippen LogP contribution < -0.4 is 5.32 Å². The molecule has 0 unspecified atom stereocenters. The Bertz CT molecular complexity index is 434. The van der Waals surface area contributed by atoms with Gasteiger partial charge < -0.3 is 10.4 Å². The molecule has 1 aromatic carbocycles. The van der Waals surface area contributed by atoms with Gasteiger partial charge in [0, 0.05) is 12.1 Å². The van der Waals surface area contributed by atoms with E-state index in [4.69, 9.17) is 0 Å². The van der Waals surface area contributed by atoms with Crippen molar-refractivity contribution in [2.24, 2.45) is 16.7 Å². The lowest BCUT2D eigenvalue weighted by Gasteiger charge is -2.08. The lowest BCUT2D eigenvalue weighted by Crippen LogP contribution is -2.19. The fourth-order valence-electron chi connectivity index (χ4n) is 3.05. The minimum absolute atomic E-state index is 0.391. The largest absolute Gasteiger partial charge is 0.508 e. The van der Waals surface area contributed by atoms with Crippen molar-refractivity contribution in [1.29, 1.82) is 0 Å². The summed E-state index contributed by atoms with van der Waals surface area (Å²) in [5, 5.41) is 13.3. The molecule has 2 N–H and O–H groups in total. The van der Waals surface area contributed by atoms with E-state index >= 15 is 0 Å². The fourth-order valence-corrected chi connectivity index (χ4v) is 3.05. The molecular formula is C16H25NO. The Hall–Kier alpha value is -1.02. The predicted molar refractivity (Wildman–Crippen MR) is 75.6 cm³/mol. The van der Waals surface area contributed by atoms with Gasteiger partial charge in [-0.25, -0.2) is 0 Å². The molecule has 1 aliphatic rings. The first-order valence-corrected chi connectivity index (χ1v) is 6.76. The van der Waals surface area contributed by atoms with Crippen molar-refractivity contribution in [2.45, 2.75) is 41.2 Å². The van der Waals surface area contributed by atoms with E-state index in [0.29, 0.717) is 16.6 Å². The molecule has 2 rings (SSSR count). The Morgan fingerprint density at radius 1 is 1.17 bits per heavy atom. The van der Waals surface area contributed by atoms with Gasteiger partial charge in [-0.3, -0.25) is 0 Å². The van der Waals surface area contributed by atoms with Crippen LogP contribution in [0.15, 0.2) is 18.2 Å². The number of phenols is 1. The zero-order valence-electron chi connectivity index (χ0n) is 12.2. The van der Waals surface area contributed by atoms with Crippen LogP contribution in [0.4, 0.5) is 0 Å². The first-order chi connectivity index (χ1) is 8.26. The SMILES string of the molecule is Cc1ccc(O)c(CNCC2C(C)(C)C2(C)C)c1. The second-order valence-corrected chi connectivity index (χ2v) is 6.76. The molecule has 2 nitrogen and oxygen atoms in total. The number of hydrogen-bond acceptors (Lipinski definition) is 2. The maximum absolute atomic E-state index is 9.78. The normalized spacial score (nSPS) is 20.9. The van der Waals surface area contributed by atoms with Crippen molar-refractivity contribution in [3.63, 3.8) is 0 Å². The molecule has 100 valence electrons. The van der Waals surface area contributed by atoms with Crippen molar-refractivity contribution < 1.29 is 5.11 Å². The molecule has 0 atom stereocenters. The summed E-state index contributed by atoms with van der Waals surface area (Å²) in [5.74, 6) is 1.11. The van der Waals surface area contributed by atoms with Crippen molar-refractivity contribution >= 4 is 0 Å². The van der Waals surface area contributed by atoms with Crippen molar-refractivity contribution in [1.82, 2.24) is 5.32 Å². The molecule has 1 aromatic rings. The van der Waals surface area contributed by atoms with Crippen LogP contribution in [0.2, 0.25) is 0 Å². The van der Waals surface area contributed by atoms with Gasteiger partial charge in [0.2, 0.25) is 0 Å².